The Morgan fingerprint density at radius 1 is 1.40 bits per heavy atom. The number of carbonyl (C=O) groups is 1. The van der Waals surface area contributed by atoms with Gasteiger partial charge >= 0.3 is 6.18 Å². The Morgan fingerprint density at radius 2 is 2.16 bits per heavy atom. The lowest BCUT2D eigenvalue weighted by Crippen LogP contribution is -2.38. The maximum Gasteiger partial charge on any atom is 0.435 e. The first-order chi connectivity index (χ1) is 11.8. The lowest BCUT2D eigenvalue weighted by atomic mass is 9.96. The molecule has 1 amide bonds. The van der Waals surface area contributed by atoms with Gasteiger partial charge in [-0.3, -0.25) is 9.48 Å². The average molecular weight is 353 g/mol. The molecule has 5 nitrogen and oxygen atoms in total. The Morgan fingerprint density at radius 3 is 2.88 bits per heavy atom. The molecule has 25 heavy (non-hydrogen) atoms. The van der Waals surface area contributed by atoms with Gasteiger partial charge in [0.1, 0.15) is 12.4 Å². The number of carbonyl (C=O) groups excluding carboxylic acids is 1. The maximum atomic E-state index is 12.6. The van der Waals surface area contributed by atoms with Gasteiger partial charge in [-0.2, -0.15) is 18.3 Å². The molecule has 2 aromatic rings. The highest BCUT2D eigenvalue weighted by Crippen LogP contribution is 2.28. The number of fused-ring (bicyclic) bond motifs is 1. The predicted molar refractivity (Wildman–Crippen MR) is 84.1 cm³/mol. The maximum absolute atomic E-state index is 12.6. The number of hydrogen-bond donors (Lipinski definition) is 1. The van der Waals surface area contributed by atoms with Gasteiger partial charge in [-0.1, -0.05) is 18.2 Å². The molecular weight excluding hydrogens is 335 g/mol. The van der Waals surface area contributed by atoms with E-state index in [9.17, 15) is 18.0 Å². The van der Waals surface area contributed by atoms with Crippen molar-refractivity contribution in [2.24, 2.45) is 5.92 Å². The van der Waals surface area contributed by atoms with Crippen LogP contribution in [0.3, 0.4) is 0 Å². The topological polar surface area (TPSA) is 56.2 Å². The molecule has 2 heterocycles. The first-order valence-corrected chi connectivity index (χ1v) is 7.94. The van der Waals surface area contributed by atoms with Crippen LogP contribution in [0.15, 0.2) is 30.3 Å². The minimum atomic E-state index is -4.47. The summed E-state index contributed by atoms with van der Waals surface area (Å²) in [6.07, 6.45) is -3.88. The number of alkyl halides is 3. The Balaban J connectivity index is 1.53. The minimum Gasteiger partial charge on any atom is -0.492 e. The van der Waals surface area contributed by atoms with Crippen LogP contribution in [0.25, 0.3) is 0 Å². The fraction of sp³-hybridized carbons (Fsp3) is 0.412. The molecule has 3 rings (SSSR count). The zero-order valence-electron chi connectivity index (χ0n) is 13.6. The lowest BCUT2D eigenvalue weighted by molar-refractivity contribution is -0.141. The van der Waals surface area contributed by atoms with E-state index in [0.717, 1.165) is 17.4 Å². The Labute approximate surface area is 142 Å². The summed E-state index contributed by atoms with van der Waals surface area (Å²) in [6.45, 7) is 2.23. The van der Waals surface area contributed by atoms with Crippen LogP contribution in [0, 0.1) is 12.8 Å². The summed E-state index contributed by atoms with van der Waals surface area (Å²) < 4.78 is 44.7. The van der Waals surface area contributed by atoms with E-state index in [0.29, 0.717) is 18.7 Å². The lowest BCUT2D eigenvalue weighted by Gasteiger charge is -2.24. The van der Waals surface area contributed by atoms with Crippen molar-refractivity contribution in [3.05, 3.63) is 47.3 Å². The van der Waals surface area contributed by atoms with Gasteiger partial charge in [0.2, 0.25) is 5.91 Å². The Bertz CT molecular complexity index is 771. The monoisotopic (exact) mass is 353 g/mol. The van der Waals surface area contributed by atoms with E-state index in [1.54, 1.807) is 6.92 Å². The average Bonchev–Trinajstić information content (AvgIpc) is 2.95. The van der Waals surface area contributed by atoms with Crippen molar-refractivity contribution in [2.45, 2.75) is 26.1 Å². The second kappa shape index (κ2) is 6.78. The smallest absolute Gasteiger partial charge is 0.435 e. The molecule has 1 atom stereocenters. The molecule has 0 radical (unpaired) electrons. The van der Waals surface area contributed by atoms with Crippen LogP contribution < -0.4 is 10.1 Å². The molecule has 134 valence electrons. The number of aromatic nitrogens is 2. The number of ether oxygens (including phenoxy) is 1. The van der Waals surface area contributed by atoms with Crippen molar-refractivity contribution in [1.29, 1.82) is 0 Å². The SMILES string of the molecule is Cc1cc(C(F)(F)F)nn1CCNC(=O)[C@H]1COc2ccccc2C1. The van der Waals surface area contributed by atoms with Gasteiger partial charge in [0.05, 0.1) is 12.5 Å². The van der Waals surface area contributed by atoms with E-state index >= 15 is 0 Å². The van der Waals surface area contributed by atoms with Crippen molar-refractivity contribution in [3.8, 4) is 5.75 Å². The van der Waals surface area contributed by atoms with Crippen LogP contribution in [-0.2, 0) is 23.9 Å². The fourth-order valence-electron chi connectivity index (χ4n) is 2.80. The van der Waals surface area contributed by atoms with Crippen molar-refractivity contribution < 1.29 is 22.7 Å². The second-order valence-electron chi connectivity index (χ2n) is 6.00. The van der Waals surface area contributed by atoms with Crippen LogP contribution in [0.1, 0.15) is 17.0 Å². The fourth-order valence-corrected chi connectivity index (χ4v) is 2.80. The number of para-hydroxylation sites is 1. The van der Waals surface area contributed by atoms with E-state index in [1.807, 2.05) is 24.3 Å². The largest absolute Gasteiger partial charge is 0.492 e. The van der Waals surface area contributed by atoms with Gasteiger partial charge < -0.3 is 10.1 Å². The first-order valence-electron chi connectivity index (χ1n) is 7.94. The van der Waals surface area contributed by atoms with Gasteiger partial charge in [0.25, 0.3) is 0 Å². The van der Waals surface area contributed by atoms with Gasteiger partial charge in [0, 0.05) is 12.2 Å². The molecule has 0 aliphatic carbocycles. The van der Waals surface area contributed by atoms with Crippen LogP contribution in [-0.4, -0.2) is 28.8 Å². The van der Waals surface area contributed by atoms with Crippen LogP contribution in [0.5, 0.6) is 5.75 Å². The summed E-state index contributed by atoms with van der Waals surface area (Å²) in [5.41, 5.74) is 0.455. The molecule has 1 aliphatic rings. The van der Waals surface area contributed by atoms with E-state index in [1.165, 1.54) is 4.68 Å². The van der Waals surface area contributed by atoms with E-state index in [4.69, 9.17) is 4.74 Å². The number of benzene rings is 1. The summed E-state index contributed by atoms with van der Waals surface area (Å²) in [6, 6.07) is 8.54. The van der Waals surface area contributed by atoms with E-state index in [-0.39, 0.29) is 24.9 Å². The summed E-state index contributed by atoms with van der Waals surface area (Å²) in [5, 5.41) is 6.28. The summed E-state index contributed by atoms with van der Waals surface area (Å²) in [5.74, 6) is 0.313. The molecule has 1 aliphatic heterocycles. The zero-order valence-corrected chi connectivity index (χ0v) is 13.6. The Hall–Kier alpha value is -2.51. The van der Waals surface area contributed by atoms with Crippen molar-refractivity contribution >= 4 is 5.91 Å². The van der Waals surface area contributed by atoms with Gasteiger partial charge in [-0.15, -0.1) is 0 Å². The van der Waals surface area contributed by atoms with Crippen LogP contribution in [0.4, 0.5) is 13.2 Å². The number of aryl methyl sites for hydroxylation is 1. The Kier molecular flexibility index (Phi) is 4.69. The molecule has 1 N–H and O–H groups in total. The van der Waals surface area contributed by atoms with Gasteiger partial charge in [-0.05, 0) is 31.0 Å². The van der Waals surface area contributed by atoms with E-state index < -0.39 is 11.9 Å². The van der Waals surface area contributed by atoms with Gasteiger partial charge in [0.15, 0.2) is 5.69 Å². The molecule has 0 fully saturated rings. The number of nitrogens with zero attached hydrogens (tertiary/aromatic N) is 2. The first kappa shape index (κ1) is 17.3. The molecule has 0 spiro atoms. The van der Waals surface area contributed by atoms with Crippen molar-refractivity contribution in [3.63, 3.8) is 0 Å². The zero-order chi connectivity index (χ0) is 18.0. The molecule has 8 heteroatoms. The highest BCUT2D eigenvalue weighted by Gasteiger charge is 2.34. The molecular formula is C17H18F3N3O2. The number of amides is 1. The quantitative estimate of drug-likeness (QED) is 0.919. The molecule has 0 unspecified atom stereocenters. The minimum absolute atomic E-state index is 0.171. The molecule has 0 saturated carbocycles. The number of nitrogens with one attached hydrogen (secondary N) is 1. The standard InChI is InChI=1S/C17H18F3N3O2/c1-11-8-15(17(18,19)20)22-23(11)7-6-21-16(24)13-9-12-4-2-3-5-14(12)25-10-13/h2-5,8,13H,6-7,9-10H2,1H3,(H,21,24)/t13-/m1/s1. The third kappa shape index (κ3) is 3.94. The molecule has 1 aromatic heterocycles. The molecule has 1 aromatic carbocycles. The van der Waals surface area contributed by atoms with Crippen LogP contribution in [0.2, 0.25) is 0 Å². The summed E-state index contributed by atoms with van der Waals surface area (Å²) in [7, 11) is 0. The number of halogens is 3. The van der Waals surface area contributed by atoms with Crippen molar-refractivity contribution in [2.75, 3.05) is 13.2 Å². The number of rotatable bonds is 4. The highest BCUT2D eigenvalue weighted by atomic mass is 19.4. The van der Waals surface area contributed by atoms with E-state index in [2.05, 4.69) is 10.4 Å². The third-order valence-electron chi connectivity index (χ3n) is 4.14. The summed E-state index contributed by atoms with van der Waals surface area (Å²) >= 11 is 0. The van der Waals surface area contributed by atoms with Gasteiger partial charge in [-0.25, -0.2) is 0 Å². The second-order valence-corrected chi connectivity index (χ2v) is 6.00. The predicted octanol–water partition coefficient (Wildman–Crippen LogP) is 2.58. The molecule has 0 bridgehead atoms. The molecule has 0 saturated heterocycles. The normalized spacial score (nSPS) is 16.9. The highest BCUT2D eigenvalue weighted by molar-refractivity contribution is 5.79. The number of hydrogen-bond acceptors (Lipinski definition) is 3. The van der Waals surface area contributed by atoms with Crippen molar-refractivity contribution in [1.82, 2.24) is 15.1 Å². The third-order valence-corrected chi connectivity index (χ3v) is 4.14. The van der Waals surface area contributed by atoms with Crippen LogP contribution >= 0.6 is 0 Å². The summed E-state index contributed by atoms with van der Waals surface area (Å²) in [4.78, 5) is 12.2.